The van der Waals surface area contributed by atoms with E-state index in [2.05, 4.69) is 10.6 Å². The van der Waals surface area contributed by atoms with E-state index in [9.17, 15) is 23.7 Å². The Morgan fingerprint density at radius 1 is 0.804 bits per heavy atom. The van der Waals surface area contributed by atoms with Gasteiger partial charge in [0.15, 0.2) is 19.0 Å². The Bertz CT molecular complexity index is 1770. The Morgan fingerprint density at radius 3 is 1.77 bits per heavy atom. The molecule has 1 aliphatic heterocycles. The normalized spacial score (nSPS) is 15.5. The molecule has 3 amide bonds. The minimum absolute atomic E-state index is 0.272. The molecule has 0 aromatic heterocycles. The smallest absolute Gasteiger partial charge is 0.452 e. The van der Waals surface area contributed by atoms with E-state index >= 15 is 0 Å². The van der Waals surface area contributed by atoms with Crippen LogP contribution in [0.5, 0.6) is 23.0 Å². The summed E-state index contributed by atoms with van der Waals surface area (Å²) in [5.74, 6) is -2.29. The van der Waals surface area contributed by atoms with Crippen LogP contribution in [0, 0.1) is 5.41 Å². The van der Waals surface area contributed by atoms with Crippen molar-refractivity contribution in [2.45, 2.75) is 87.5 Å². The maximum Gasteiger partial charge on any atom is 0.452 e. The number of thioether (sulfide) groups is 2. The number of carboxylic acid groups (broad SMARTS) is 1. The zero-order valence-electron chi connectivity index (χ0n) is 32.6. The van der Waals surface area contributed by atoms with Gasteiger partial charge in [-0.25, -0.2) is 9.36 Å². The molecule has 0 radical (unpaired) electrons. The number of nitrogens with one attached hydrogen (secondary N) is 2. The van der Waals surface area contributed by atoms with Gasteiger partial charge in [0.25, 0.3) is 5.91 Å². The highest BCUT2D eigenvalue weighted by molar-refractivity contribution is 7.98. The van der Waals surface area contributed by atoms with Gasteiger partial charge in [-0.2, -0.15) is 0 Å². The van der Waals surface area contributed by atoms with E-state index in [4.69, 9.17) is 23.6 Å². The second-order valence-corrected chi connectivity index (χ2v) is 18.1. The van der Waals surface area contributed by atoms with Crippen molar-refractivity contribution in [3.8, 4) is 23.0 Å². The number of ether oxygens (including phenoxy) is 2. The molecule has 0 saturated carbocycles. The van der Waals surface area contributed by atoms with Crippen LogP contribution in [0.1, 0.15) is 59.8 Å². The molecule has 3 aromatic rings. The summed E-state index contributed by atoms with van der Waals surface area (Å²) in [5, 5.41) is 14.6. The molecule has 56 heavy (non-hydrogen) atoms. The van der Waals surface area contributed by atoms with Gasteiger partial charge in [-0.3, -0.25) is 14.4 Å². The average Bonchev–Trinajstić information content (AvgIpc) is 3.18. The number of piperidine rings is 1. The number of amides is 3. The molecule has 3 aromatic carbocycles. The molecule has 4 rings (SSSR count). The quantitative estimate of drug-likeness (QED) is 0.0806. The summed E-state index contributed by atoms with van der Waals surface area (Å²) in [7, 11) is -4.14. The van der Waals surface area contributed by atoms with Gasteiger partial charge in [-0.15, -0.1) is 23.5 Å². The van der Waals surface area contributed by atoms with Crippen LogP contribution in [0.2, 0.25) is 0 Å². The Morgan fingerprint density at radius 2 is 1.30 bits per heavy atom. The second kappa shape index (κ2) is 20.7. The van der Waals surface area contributed by atoms with E-state index in [1.807, 2.05) is 64.5 Å². The molecule has 2 unspecified atom stereocenters. The van der Waals surface area contributed by atoms with Crippen molar-refractivity contribution in [2.75, 3.05) is 32.3 Å². The Kier molecular flexibility index (Phi) is 16.4. The lowest BCUT2D eigenvalue weighted by Gasteiger charge is -2.41. The zero-order valence-corrected chi connectivity index (χ0v) is 35.2. The lowest BCUT2D eigenvalue weighted by molar-refractivity contribution is -0.147. The Labute approximate surface area is 337 Å². The van der Waals surface area contributed by atoms with Gasteiger partial charge in [0.1, 0.15) is 35.1 Å². The zero-order chi connectivity index (χ0) is 40.9. The molecule has 1 heterocycles. The third kappa shape index (κ3) is 12.9. The largest absolute Gasteiger partial charge is 0.484 e. The fourth-order valence-electron chi connectivity index (χ4n) is 5.97. The molecule has 0 aliphatic carbocycles. The van der Waals surface area contributed by atoms with Crippen molar-refractivity contribution in [2.24, 2.45) is 5.41 Å². The number of likely N-dealkylation sites (tertiary alicyclic amines) is 1. The first-order chi connectivity index (χ1) is 26.6. The molecule has 0 spiro atoms. The first-order valence-corrected chi connectivity index (χ1v) is 22.5. The molecule has 1 saturated heterocycles. The van der Waals surface area contributed by atoms with Gasteiger partial charge >= 0.3 is 13.6 Å². The molecular formula is C40H52N3O10PS2. The minimum Gasteiger partial charge on any atom is -0.484 e. The Balaban J connectivity index is 1.52. The lowest BCUT2D eigenvalue weighted by Crippen LogP contribution is -2.61. The monoisotopic (exact) mass is 829 g/mol. The van der Waals surface area contributed by atoms with Crippen LogP contribution in [0.4, 0.5) is 0 Å². The van der Waals surface area contributed by atoms with Crippen LogP contribution in [0.25, 0.3) is 0 Å². The number of nitrogens with zero attached hydrogens (tertiary/aromatic N) is 1. The number of hydrogen-bond donors (Lipinski definition) is 3. The number of carbonyl (C=O) groups excluding carboxylic acids is 3. The van der Waals surface area contributed by atoms with Crippen molar-refractivity contribution in [1.29, 1.82) is 0 Å². The fraction of sp³-hybridized carbons (Fsp3) is 0.450. The molecule has 3 atom stereocenters. The molecule has 304 valence electrons. The highest BCUT2D eigenvalue weighted by Gasteiger charge is 2.44. The van der Waals surface area contributed by atoms with E-state index in [1.165, 1.54) is 29.2 Å². The number of carbonyl (C=O) groups is 4. The summed E-state index contributed by atoms with van der Waals surface area (Å²) < 4.78 is 38.1. The van der Waals surface area contributed by atoms with Gasteiger partial charge in [0, 0.05) is 16.3 Å². The molecule has 3 N–H and O–H groups in total. The van der Waals surface area contributed by atoms with Crippen LogP contribution in [0.15, 0.2) is 82.6 Å². The van der Waals surface area contributed by atoms with Crippen molar-refractivity contribution in [1.82, 2.24) is 15.5 Å². The predicted octanol–water partition coefficient (Wildman–Crippen LogP) is 7.48. The number of carboxylic acids is 1. The number of benzene rings is 3. The fourth-order valence-corrected chi connectivity index (χ4v) is 8.77. The van der Waals surface area contributed by atoms with Gasteiger partial charge in [0.05, 0.1) is 0 Å². The standard InChI is InChI=1S/C40H52N3O10PS2/c1-7-10-35(54(49,52-29-16-20-31(55-5)21-17-29)53-30-18-22-32(56-6)23-19-30)42-38(47)33-11-8-9-24-43(33)39(48)37(40(2,3)4)41-34(44)25-50-27-12-14-28(15-13-27)51-26-36(45)46/h12-23,33,35,37H,7-11,24-26H2,1-6H3,(H,41,44)(H,42,47)(H,45,46)/t33?,35-,37?/m1/s1. The van der Waals surface area contributed by atoms with E-state index in [0.717, 1.165) is 9.79 Å². The molecule has 0 bridgehead atoms. The first kappa shape index (κ1) is 44.4. The SMILES string of the molecule is CCC[C@H](NC(=O)C1CCCCN1C(=O)C(NC(=O)COc1ccc(OCC(=O)O)cc1)C(C)(C)C)P(=O)(Oc1ccc(SC)cc1)Oc1ccc(SC)cc1. The van der Waals surface area contributed by atoms with E-state index in [-0.39, 0.29) is 6.42 Å². The van der Waals surface area contributed by atoms with E-state index < -0.39 is 67.8 Å². The van der Waals surface area contributed by atoms with Crippen molar-refractivity contribution >= 4 is 54.8 Å². The van der Waals surface area contributed by atoms with Crippen molar-refractivity contribution in [3.63, 3.8) is 0 Å². The second-order valence-electron chi connectivity index (χ2n) is 14.2. The van der Waals surface area contributed by atoms with Crippen LogP contribution < -0.4 is 29.2 Å². The van der Waals surface area contributed by atoms with Gasteiger partial charge < -0.3 is 39.2 Å². The first-order valence-electron chi connectivity index (χ1n) is 18.4. The van der Waals surface area contributed by atoms with Crippen LogP contribution in [-0.2, 0) is 23.7 Å². The van der Waals surface area contributed by atoms with Gasteiger partial charge in [-0.1, -0.05) is 34.1 Å². The third-order valence-electron chi connectivity index (χ3n) is 8.90. The summed E-state index contributed by atoms with van der Waals surface area (Å²) in [5.41, 5.74) is -0.742. The summed E-state index contributed by atoms with van der Waals surface area (Å²) in [6.45, 7) is 6.79. The summed E-state index contributed by atoms with van der Waals surface area (Å²) >= 11 is 3.12. The highest BCUT2D eigenvalue weighted by Crippen LogP contribution is 2.53. The van der Waals surface area contributed by atoms with E-state index in [1.54, 1.807) is 47.8 Å². The molecule has 16 heteroatoms. The predicted molar refractivity (Wildman–Crippen MR) is 218 cm³/mol. The number of hydrogen-bond acceptors (Lipinski definition) is 11. The maximum atomic E-state index is 14.9. The minimum atomic E-state index is -4.14. The highest BCUT2D eigenvalue weighted by atomic mass is 32.2. The number of rotatable bonds is 19. The average molecular weight is 830 g/mol. The van der Waals surface area contributed by atoms with Crippen molar-refractivity contribution < 1.29 is 47.4 Å². The van der Waals surface area contributed by atoms with Gasteiger partial charge in [-0.05, 0) is 116 Å². The topological polar surface area (TPSA) is 170 Å². The van der Waals surface area contributed by atoms with Crippen LogP contribution >= 0.6 is 31.1 Å². The summed E-state index contributed by atoms with van der Waals surface area (Å²) in [6.07, 6.45) is 6.45. The lowest BCUT2D eigenvalue weighted by atomic mass is 9.84. The summed E-state index contributed by atoms with van der Waals surface area (Å²) in [4.78, 5) is 56.1. The van der Waals surface area contributed by atoms with Crippen LogP contribution in [-0.4, -0.2) is 83.8 Å². The molecule has 1 fully saturated rings. The van der Waals surface area contributed by atoms with E-state index in [0.29, 0.717) is 55.2 Å². The van der Waals surface area contributed by atoms with Crippen LogP contribution in [0.3, 0.4) is 0 Å². The molecule has 1 aliphatic rings. The van der Waals surface area contributed by atoms with Crippen molar-refractivity contribution in [3.05, 3.63) is 72.8 Å². The Hall–Kier alpha value is -4.33. The maximum absolute atomic E-state index is 14.9. The number of aliphatic carboxylic acids is 1. The molecule has 13 nitrogen and oxygen atoms in total. The molecular weight excluding hydrogens is 778 g/mol. The van der Waals surface area contributed by atoms with Gasteiger partial charge in [0.2, 0.25) is 11.8 Å². The third-order valence-corrected chi connectivity index (χ3v) is 12.5. The summed E-state index contributed by atoms with van der Waals surface area (Å²) in [6, 6.07) is 18.5.